The standard InChI is InChI=1S/C25H30ClFN2O3/c1-2-23(25(31)28-21-8-4-3-5-9-21)29(16-18-11-13-20(27)14-12-18)24(30)17-32-22-10-6-7-19(26)15-22/h6-7,10-15,21,23H,2-5,8-9,16-17H2,1H3,(H,28,31)/t23-/m1/s1. The number of hydrogen-bond donors (Lipinski definition) is 1. The van der Waals surface area contributed by atoms with Gasteiger partial charge in [-0.05, 0) is 55.2 Å². The van der Waals surface area contributed by atoms with E-state index in [1.54, 1.807) is 36.4 Å². The summed E-state index contributed by atoms with van der Waals surface area (Å²) in [6.45, 7) is 1.84. The first-order chi connectivity index (χ1) is 15.5. The molecule has 0 unspecified atom stereocenters. The van der Waals surface area contributed by atoms with Gasteiger partial charge in [0.15, 0.2) is 6.61 Å². The molecule has 0 heterocycles. The van der Waals surface area contributed by atoms with Crippen LogP contribution in [0.2, 0.25) is 5.02 Å². The first-order valence-electron chi connectivity index (χ1n) is 11.2. The van der Waals surface area contributed by atoms with Crippen molar-refractivity contribution < 1.29 is 18.7 Å². The second kappa shape index (κ2) is 11.9. The maximum Gasteiger partial charge on any atom is 0.261 e. The number of carbonyl (C=O) groups excluding carboxylic acids is 2. The summed E-state index contributed by atoms with van der Waals surface area (Å²) >= 11 is 5.99. The fraction of sp³-hybridized carbons (Fsp3) is 0.440. The lowest BCUT2D eigenvalue weighted by Gasteiger charge is -2.32. The van der Waals surface area contributed by atoms with Crippen LogP contribution in [0.25, 0.3) is 0 Å². The van der Waals surface area contributed by atoms with E-state index in [0.29, 0.717) is 17.2 Å². The minimum Gasteiger partial charge on any atom is -0.484 e. The van der Waals surface area contributed by atoms with Crippen LogP contribution in [0.3, 0.4) is 0 Å². The average molecular weight is 461 g/mol. The molecule has 2 amide bonds. The van der Waals surface area contributed by atoms with E-state index in [0.717, 1.165) is 31.2 Å². The van der Waals surface area contributed by atoms with E-state index in [-0.39, 0.29) is 36.8 Å². The topological polar surface area (TPSA) is 58.6 Å². The minimum absolute atomic E-state index is 0.149. The van der Waals surface area contributed by atoms with Gasteiger partial charge in [-0.2, -0.15) is 0 Å². The second-order valence-electron chi connectivity index (χ2n) is 8.16. The van der Waals surface area contributed by atoms with E-state index in [9.17, 15) is 14.0 Å². The first-order valence-corrected chi connectivity index (χ1v) is 11.6. The number of ether oxygens (including phenoxy) is 1. The number of rotatable bonds is 9. The van der Waals surface area contributed by atoms with Crippen LogP contribution in [0.5, 0.6) is 5.75 Å². The SMILES string of the molecule is CC[C@H](C(=O)NC1CCCCC1)N(Cc1ccc(F)cc1)C(=O)COc1cccc(Cl)c1. The third-order valence-electron chi connectivity index (χ3n) is 5.76. The Balaban J connectivity index is 1.74. The van der Waals surface area contributed by atoms with Gasteiger partial charge in [0.1, 0.15) is 17.6 Å². The molecule has 0 aliphatic heterocycles. The molecule has 2 aromatic carbocycles. The van der Waals surface area contributed by atoms with Crippen LogP contribution in [-0.4, -0.2) is 35.4 Å². The maximum atomic E-state index is 13.4. The van der Waals surface area contributed by atoms with Crippen LogP contribution < -0.4 is 10.1 Å². The Labute approximate surface area is 193 Å². The molecule has 0 radical (unpaired) electrons. The Bertz CT molecular complexity index is 900. The third-order valence-corrected chi connectivity index (χ3v) is 6.00. The van der Waals surface area contributed by atoms with E-state index in [4.69, 9.17) is 16.3 Å². The van der Waals surface area contributed by atoms with Gasteiger partial charge >= 0.3 is 0 Å². The molecule has 0 spiro atoms. The summed E-state index contributed by atoms with van der Waals surface area (Å²) in [6, 6.07) is 12.3. The van der Waals surface area contributed by atoms with Gasteiger partial charge < -0.3 is 15.0 Å². The molecule has 172 valence electrons. The van der Waals surface area contributed by atoms with E-state index >= 15 is 0 Å². The number of halogens is 2. The molecule has 1 atom stereocenters. The highest BCUT2D eigenvalue weighted by atomic mass is 35.5. The summed E-state index contributed by atoms with van der Waals surface area (Å²) in [5.74, 6) is -0.345. The predicted octanol–water partition coefficient (Wildman–Crippen LogP) is 5.11. The summed E-state index contributed by atoms with van der Waals surface area (Å²) in [4.78, 5) is 27.8. The summed E-state index contributed by atoms with van der Waals surface area (Å²) in [6.07, 6.45) is 5.79. The largest absolute Gasteiger partial charge is 0.484 e. The van der Waals surface area contributed by atoms with E-state index in [1.807, 2.05) is 6.92 Å². The number of carbonyl (C=O) groups is 2. The monoisotopic (exact) mass is 460 g/mol. The molecule has 0 aromatic heterocycles. The highest BCUT2D eigenvalue weighted by molar-refractivity contribution is 6.30. The molecule has 32 heavy (non-hydrogen) atoms. The van der Waals surface area contributed by atoms with Crippen molar-refractivity contribution in [2.24, 2.45) is 0 Å². The number of benzene rings is 2. The normalized spacial score (nSPS) is 15.1. The molecular weight excluding hydrogens is 431 g/mol. The Morgan fingerprint density at radius 2 is 1.88 bits per heavy atom. The van der Waals surface area contributed by atoms with Crippen molar-refractivity contribution >= 4 is 23.4 Å². The van der Waals surface area contributed by atoms with E-state index in [1.165, 1.54) is 23.5 Å². The van der Waals surface area contributed by atoms with Crippen molar-refractivity contribution in [1.82, 2.24) is 10.2 Å². The smallest absolute Gasteiger partial charge is 0.261 e. The molecule has 1 aliphatic carbocycles. The van der Waals surface area contributed by atoms with Crippen molar-refractivity contribution in [3.05, 3.63) is 64.9 Å². The minimum atomic E-state index is -0.641. The van der Waals surface area contributed by atoms with Crippen LogP contribution in [0.1, 0.15) is 51.0 Å². The van der Waals surface area contributed by atoms with Crippen LogP contribution in [0.4, 0.5) is 4.39 Å². The van der Waals surface area contributed by atoms with Crippen molar-refractivity contribution in [3.8, 4) is 5.75 Å². The molecule has 5 nitrogen and oxygen atoms in total. The van der Waals surface area contributed by atoms with Crippen molar-refractivity contribution in [3.63, 3.8) is 0 Å². The van der Waals surface area contributed by atoms with Gasteiger partial charge in [-0.1, -0.05) is 56.0 Å². The van der Waals surface area contributed by atoms with Gasteiger partial charge in [0, 0.05) is 17.6 Å². The summed E-state index contributed by atoms with van der Waals surface area (Å²) in [5.41, 5.74) is 0.742. The molecule has 1 saturated carbocycles. The number of nitrogens with one attached hydrogen (secondary N) is 1. The lowest BCUT2D eigenvalue weighted by molar-refractivity contribution is -0.143. The molecule has 3 rings (SSSR count). The summed E-state index contributed by atoms with van der Waals surface area (Å²) in [7, 11) is 0. The van der Waals surface area contributed by atoms with E-state index < -0.39 is 6.04 Å². The average Bonchev–Trinajstić information content (AvgIpc) is 2.79. The van der Waals surface area contributed by atoms with Crippen molar-refractivity contribution in [1.29, 1.82) is 0 Å². The van der Waals surface area contributed by atoms with Crippen LogP contribution in [-0.2, 0) is 16.1 Å². The molecular formula is C25H30ClFN2O3. The molecule has 1 N–H and O–H groups in total. The molecule has 1 aliphatic rings. The fourth-order valence-electron chi connectivity index (χ4n) is 4.04. The predicted molar refractivity (Wildman–Crippen MR) is 123 cm³/mol. The van der Waals surface area contributed by atoms with Gasteiger partial charge in [0.25, 0.3) is 5.91 Å². The number of hydrogen-bond acceptors (Lipinski definition) is 3. The zero-order chi connectivity index (χ0) is 22.9. The quantitative estimate of drug-likeness (QED) is 0.565. The maximum absolute atomic E-state index is 13.4. The van der Waals surface area contributed by atoms with Crippen LogP contribution >= 0.6 is 11.6 Å². The van der Waals surface area contributed by atoms with Crippen LogP contribution in [0, 0.1) is 5.82 Å². The molecule has 0 bridgehead atoms. The molecule has 1 fully saturated rings. The zero-order valence-electron chi connectivity index (χ0n) is 18.4. The molecule has 7 heteroatoms. The Morgan fingerprint density at radius 1 is 1.16 bits per heavy atom. The highest BCUT2D eigenvalue weighted by Gasteiger charge is 2.30. The summed E-state index contributed by atoms with van der Waals surface area (Å²) in [5, 5.41) is 3.64. The molecule has 2 aromatic rings. The Hall–Kier alpha value is -2.60. The van der Waals surface area contributed by atoms with Crippen LogP contribution in [0.15, 0.2) is 48.5 Å². The lowest BCUT2D eigenvalue weighted by atomic mass is 9.95. The number of nitrogens with zero attached hydrogens (tertiary/aromatic N) is 1. The zero-order valence-corrected chi connectivity index (χ0v) is 19.1. The van der Waals surface area contributed by atoms with E-state index in [2.05, 4.69) is 5.32 Å². The van der Waals surface area contributed by atoms with Gasteiger partial charge in [0.05, 0.1) is 0 Å². The lowest BCUT2D eigenvalue weighted by Crippen LogP contribution is -2.52. The first kappa shape index (κ1) is 24.1. The Kier molecular flexibility index (Phi) is 8.91. The fourth-order valence-corrected chi connectivity index (χ4v) is 4.22. The number of amides is 2. The highest BCUT2D eigenvalue weighted by Crippen LogP contribution is 2.20. The summed E-state index contributed by atoms with van der Waals surface area (Å²) < 4.78 is 19.0. The van der Waals surface area contributed by atoms with Crippen molar-refractivity contribution in [2.75, 3.05) is 6.61 Å². The Morgan fingerprint density at radius 3 is 2.53 bits per heavy atom. The van der Waals surface area contributed by atoms with Gasteiger partial charge in [-0.25, -0.2) is 4.39 Å². The second-order valence-corrected chi connectivity index (χ2v) is 8.60. The molecule has 0 saturated heterocycles. The van der Waals surface area contributed by atoms with Gasteiger partial charge in [0.2, 0.25) is 5.91 Å². The van der Waals surface area contributed by atoms with Gasteiger partial charge in [-0.3, -0.25) is 9.59 Å². The van der Waals surface area contributed by atoms with Crippen molar-refractivity contribution in [2.45, 2.75) is 64.1 Å². The van der Waals surface area contributed by atoms with Gasteiger partial charge in [-0.15, -0.1) is 0 Å². The third kappa shape index (κ3) is 6.95.